The lowest BCUT2D eigenvalue weighted by atomic mass is 10.1. The van der Waals surface area contributed by atoms with Gasteiger partial charge in [0.2, 0.25) is 0 Å². The number of amides is 2. The highest BCUT2D eigenvalue weighted by Gasteiger charge is 2.22. The van der Waals surface area contributed by atoms with Crippen LogP contribution in [0.15, 0.2) is 60.7 Å². The zero-order valence-electron chi connectivity index (χ0n) is 16.9. The van der Waals surface area contributed by atoms with Crippen LogP contribution in [-0.4, -0.2) is 54.9 Å². The maximum Gasteiger partial charge on any atom is 0.412 e. The number of likely N-dealkylation sites (tertiary alicyclic amines) is 1. The van der Waals surface area contributed by atoms with Gasteiger partial charge in [0.1, 0.15) is 6.61 Å². The van der Waals surface area contributed by atoms with Crippen molar-refractivity contribution in [2.24, 2.45) is 0 Å². The molecule has 2 aromatic carbocycles. The standard InChI is InChI=1S/C22H27N3O4.H2O/c26-21(23-18-10-4-1-5-11-18)28-17-20(16-25-14-8-3-9-15-25)29-22(27)24-19-12-6-2-7-13-19;/h1-2,4-7,10-13,20H,3,8-9,14-17H2,(H,23,26)(H,24,27);1H2/t20-;/m0./s1. The molecule has 2 aromatic rings. The first-order chi connectivity index (χ1) is 14.2. The van der Waals surface area contributed by atoms with Crippen LogP contribution in [-0.2, 0) is 9.47 Å². The van der Waals surface area contributed by atoms with E-state index in [1.807, 2.05) is 36.4 Å². The average Bonchev–Trinajstić information content (AvgIpc) is 2.74. The van der Waals surface area contributed by atoms with Gasteiger partial charge in [0.05, 0.1) is 0 Å². The van der Waals surface area contributed by atoms with E-state index in [2.05, 4.69) is 15.5 Å². The summed E-state index contributed by atoms with van der Waals surface area (Å²) >= 11 is 0. The maximum atomic E-state index is 12.3. The van der Waals surface area contributed by atoms with Crippen LogP contribution in [0.1, 0.15) is 19.3 Å². The number of ether oxygens (including phenoxy) is 2. The minimum atomic E-state index is -0.577. The number of piperidine rings is 1. The third-order valence-electron chi connectivity index (χ3n) is 4.62. The molecule has 0 spiro atoms. The van der Waals surface area contributed by atoms with E-state index in [-0.39, 0.29) is 12.1 Å². The summed E-state index contributed by atoms with van der Waals surface area (Å²) in [6, 6.07) is 18.2. The number of carbonyl (C=O) groups is 2. The van der Waals surface area contributed by atoms with Crippen molar-refractivity contribution >= 4 is 23.6 Å². The topological polar surface area (TPSA) is 111 Å². The molecule has 162 valence electrons. The third kappa shape index (κ3) is 8.10. The van der Waals surface area contributed by atoms with Crippen LogP contribution >= 0.6 is 0 Å². The highest BCUT2D eigenvalue weighted by atomic mass is 16.6. The molecule has 0 radical (unpaired) electrons. The second kappa shape index (κ2) is 12.5. The van der Waals surface area contributed by atoms with Crippen LogP contribution in [0.2, 0.25) is 0 Å². The summed E-state index contributed by atoms with van der Waals surface area (Å²) in [5, 5.41) is 5.36. The van der Waals surface area contributed by atoms with Crippen molar-refractivity contribution in [2.45, 2.75) is 25.4 Å². The molecule has 1 aliphatic heterocycles. The van der Waals surface area contributed by atoms with Gasteiger partial charge in [0, 0.05) is 17.9 Å². The highest BCUT2D eigenvalue weighted by Crippen LogP contribution is 2.12. The van der Waals surface area contributed by atoms with Crippen molar-refractivity contribution in [3.63, 3.8) is 0 Å². The molecule has 1 fully saturated rings. The fourth-order valence-electron chi connectivity index (χ4n) is 3.22. The average molecular weight is 415 g/mol. The van der Waals surface area contributed by atoms with Gasteiger partial charge in [-0.25, -0.2) is 9.59 Å². The molecule has 8 nitrogen and oxygen atoms in total. The van der Waals surface area contributed by atoms with Gasteiger partial charge in [-0.2, -0.15) is 0 Å². The first-order valence-corrected chi connectivity index (χ1v) is 9.93. The van der Waals surface area contributed by atoms with Gasteiger partial charge < -0.3 is 14.9 Å². The summed E-state index contributed by atoms with van der Waals surface area (Å²) in [5.74, 6) is 0. The van der Waals surface area contributed by atoms with Crippen molar-refractivity contribution < 1.29 is 24.5 Å². The number of hydrogen-bond acceptors (Lipinski definition) is 5. The van der Waals surface area contributed by atoms with Crippen molar-refractivity contribution in [3.05, 3.63) is 60.7 Å². The number of benzene rings is 2. The van der Waals surface area contributed by atoms with Gasteiger partial charge in [0.15, 0.2) is 6.10 Å². The molecule has 0 bridgehead atoms. The predicted octanol–water partition coefficient (Wildman–Crippen LogP) is 3.51. The Morgan fingerprint density at radius 1 is 0.833 bits per heavy atom. The first kappa shape index (κ1) is 23.2. The zero-order chi connectivity index (χ0) is 20.3. The van der Waals surface area contributed by atoms with Crippen LogP contribution in [0.4, 0.5) is 21.0 Å². The lowest BCUT2D eigenvalue weighted by Gasteiger charge is -2.30. The second-order valence-corrected chi connectivity index (χ2v) is 6.97. The largest absolute Gasteiger partial charge is 0.445 e. The van der Waals surface area contributed by atoms with Crippen LogP contribution < -0.4 is 10.6 Å². The fraction of sp³-hybridized carbons (Fsp3) is 0.364. The quantitative estimate of drug-likeness (QED) is 0.719. The lowest BCUT2D eigenvalue weighted by molar-refractivity contribution is 0.0299. The summed E-state index contributed by atoms with van der Waals surface area (Å²) < 4.78 is 10.9. The minimum absolute atomic E-state index is 0. The number of para-hydroxylation sites is 2. The Morgan fingerprint density at radius 3 is 1.93 bits per heavy atom. The van der Waals surface area contributed by atoms with Crippen LogP contribution in [0.5, 0.6) is 0 Å². The molecule has 0 aromatic heterocycles. The summed E-state index contributed by atoms with van der Waals surface area (Å²) in [4.78, 5) is 26.6. The summed E-state index contributed by atoms with van der Waals surface area (Å²) in [7, 11) is 0. The van der Waals surface area contributed by atoms with E-state index in [9.17, 15) is 9.59 Å². The molecule has 4 N–H and O–H groups in total. The normalized spacial score (nSPS) is 14.7. The molecule has 0 saturated carbocycles. The van der Waals surface area contributed by atoms with Gasteiger partial charge in [-0.15, -0.1) is 0 Å². The molecular formula is C22H29N3O5. The van der Waals surface area contributed by atoms with Crippen LogP contribution in [0.25, 0.3) is 0 Å². The number of rotatable bonds is 7. The van der Waals surface area contributed by atoms with E-state index < -0.39 is 18.3 Å². The molecule has 0 unspecified atom stereocenters. The van der Waals surface area contributed by atoms with Crippen LogP contribution in [0.3, 0.4) is 0 Å². The molecule has 1 saturated heterocycles. The lowest BCUT2D eigenvalue weighted by Crippen LogP contribution is -2.41. The first-order valence-electron chi connectivity index (χ1n) is 9.93. The third-order valence-corrected chi connectivity index (χ3v) is 4.62. The summed E-state index contributed by atoms with van der Waals surface area (Å²) in [5.41, 5.74) is 1.30. The number of nitrogens with zero attached hydrogens (tertiary/aromatic N) is 1. The molecule has 1 atom stereocenters. The Morgan fingerprint density at radius 2 is 1.37 bits per heavy atom. The van der Waals surface area contributed by atoms with Crippen molar-refractivity contribution in [3.8, 4) is 0 Å². The second-order valence-electron chi connectivity index (χ2n) is 6.97. The summed E-state index contributed by atoms with van der Waals surface area (Å²) in [6.45, 7) is 2.42. The number of nitrogens with one attached hydrogen (secondary N) is 2. The van der Waals surface area contributed by atoms with E-state index in [0.717, 1.165) is 25.9 Å². The summed E-state index contributed by atoms with van der Waals surface area (Å²) in [6.07, 6.45) is 1.76. The Hall–Kier alpha value is -3.10. The monoisotopic (exact) mass is 415 g/mol. The van der Waals surface area contributed by atoms with Gasteiger partial charge in [-0.05, 0) is 50.2 Å². The van der Waals surface area contributed by atoms with E-state index in [0.29, 0.717) is 17.9 Å². The SMILES string of the molecule is O.O=C(Nc1ccccc1)OC[C@H](CN1CCCCC1)OC(=O)Nc1ccccc1. The molecule has 3 rings (SSSR count). The molecular weight excluding hydrogens is 386 g/mol. The smallest absolute Gasteiger partial charge is 0.412 e. The van der Waals surface area contributed by atoms with Crippen molar-refractivity contribution in [2.75, 3.05) is 36.9 Å². The minimum Gasteiger partial charge on any atom is -0.445 e. The van der Waals surface area contributed by atoms with Gasteiger partial charge in [-0.3, -0.25) is 15.5 Å². The van der Waals surface area contributed by atoms with Crippen LogP contribution in [0, 0.1) is 0 Å². The molecule has 2 amide bonds. The molecule has 0 aliphatic carbocycles. The van der Waals surface area contributed by atoms with Gasteiger partial charge >= 0.3 is 12.2 Å². The Bertz CT molecular complexity index is 767. The van der Waals surface area contributed by atoms with Gasteiger partial charge in [-0.1, -0.05) is 42.8 Å². The van der Waals surface area contributed by atoms with E-state index >= 15 is 0 Å². The molecule has 8 heteroatoms. The highest BCUT2D eigenvalue weighted by molar-refractivity contribution is 5.85. The number of carbonyl (C=O) groups excluding carboxylic acids is 2. The fourth-order valence-corrected chi connectivity index (χ4v) is 3.22. The number of hydrogen-bond donors (Lipinski definition) is 2. The van der Waals surface area contributed by atoms with E-state index in [1.54, 1.807) is 24.3 Å². The predicted molar refractivity (Wildman–Crippen MR) is 116 cm³/mol. The Balaban J connectivity index is 0.00000320. The molecule has 1 heterocycles. The molecule has 30 heavy (non-hydrogen) atoms. The van der Waals surface area contributed by atoms with Crippen molar-refractivity contribution in [1.29, 1.82) is 0 Å². The Labute approximate surface area is 176 Å². The van der Waals surface area contributed by atoms with E-state index in [4.69, 9.17) is 9.47 Å². The molecule has 1 aliphatic rings. The maximum absolute atomic E-state index is 12.3. The van der Waals surface area contributed by atoms with Gasteiger partial charge in [0.25, 0.3) is 0 Å². The zero-order valence-corrected chi connectivity index (χ0v) is 16.9. The number of anilines is 2. The van der Waals surface area contributed by atoms with Crippen molar-refractivity contribution in [1.82, 2.24) is 4.90 Å². The van der Waals surface area contributed by atoms with E-state index in [1.165, 1.54) is 6.42 Å². The Kier molecular flexibility index (Phi) is 9.63.